The van der Waals surface area contributed by atoms with Crippen LogP contribution in [0.1, 0.15) is 15.9 Å². The van der Waals surface area contributed by atoms with Crippen molar-refractivity contribution in [1.29, 1.82) is 0 Å². The lowest BCUT2D eigenvalue weighted by Crippen LogP contribution is -2.54. The Hall–Kier alpha value is -4.47. The molecule has 3 rings (SSSR count). The fourth-order valence-electron chi connectivity index (χ4n) is 2.76. The second-order valence-corrected chi connectivity index (χ2v) is 6.25. The number of aliphatic carboxylic acids is 1. The first kappa shape index (κ1) is 21.2. The van der Waals surface area contributed by atoms with Gasteiger partial charge < -0.3 is 14.6 Å². The van der Waals surface area contributed by atoms with E-state index in [0.29, 0.717) is 5.56 Å². The third-order valence-electron chi connectivity index (χ3n) is 4.18. The Labute approximate surface area is 175 Å². The summed E-state index contributed by atoms with van der Waals surface area (Å²) in [6, 6.07) is 10.7. The van der Waals surface area contributed by atoms with Crippen LogP contribution < -0.4 is 15.0 Å². The number of hydrogen-bond donors (Lipinski definition) is 2. The molecule has 1 aliphatic rings. The minimum absolute atomic E-state index is 0.145. The van der Waals surface area contributed by atoms with Crippen molar-refractivity contribution in [1.82, 2.24) is 5.32 Å². The van der Waals surface area contributed by atoms with Crippen LogP contribution in [0.4, 0.5) is 10.5 Å². The molecular weight excluding hydrogens is 408 g/mol. The summed E-state index contributed by atoms with van der Waals surface area (Å²) in [6.45, 7) is -0.552. The summed E-state index contributed by atoms with van der Waals surface area (Å²) >= 11 is 0. The molecule has 158 valence electrons. The van der Waals surface area contributed by atoms with E-state index in [4.69, 9.17) is 9.84 Å². The minimum Gasteiger partial charge on any atom is -0.482 e. The third kappa shape index (κ3) is 4.75. The highest BCUT2D eigenvalue weighted by Gasteiger charge is 2.36. The molecule has 0 saturated carbocycles. The van der Waals surface area contributed by atoms with Gasteiger partial charge in [0.05, 0.1) is 18.4 Å². The highest BCUT2D eigenvalue weighted by atomic mass is 16.5. The Kier molecular flexibility index (Phi) is 6.10. The first-order chi connectivity index (χ1) is 14.8. The topological polar surface area (TPSA) is 139 Å². The van der Waals surface area contributed by atoms with Gasteiger partial charge in [0.15, 0.2) is 6.61 Å². The molecule has 31 heavy (non-hydrogen) atoms. The van der Waals surface area contributed by atoms with Crippen molar-refractivity contribution in [3.63, 3.8) is 0 Å². The van der Waals surface area contributed by atoms with Crippen molar-refractivity contribution < 1.29 is 38.6 Å². The smallest absolute Gasteiger partial charge is 0.341 e. The van der Waals surface area contributed by atoms with Crippen molar-refractivity contribution >= 4 is 41.5 Å². The summed E-state index contributed by atoms with van der Waals surface area (Å²) in [5.74, 6) is -3.25. The molecule has 0 unspecified atom stereocenters. The molecule has 0 spiro atoms. The van der Waals surface area contributed by atoms with Crippen LogP contribution in [0.25, 0.3) is 6.08 Å². The van der Waals surface area contributed by atoms with Crippen LogP contribution >= 0.6 is 0 Å². The molecule has 0 aliphatic carbocycles. The number of nitrogens with one attached hydrogen (secondary N) is 1. The zero-order chi connectivity index (χ0) is 22.5. The SMILES string of the molecule is COC(=O)c1ccc(N2C(=O)NC(=O)/C(=C/c3cccc(OCC(=O)O)c3)C2=O)cc1. The number of urea groups is 1. The van der Waals surface area contributed by atoms with Crippen LogP contribution in [0.5, 0.6) is 5.75 Å². The molecule has 1 saturated heterocycles. The summed E-state index contributed by atoms with van der Waals surface area (Å²) in [7, 11) is 1.22. The Morgan fingerprint density at radius 1 is 1.10 bits per heavy atom. The number of esters is 1. The number of anilines is 1. The van der Waals surface area contributed by atoms with Crippen LogP contribution in [0, 0.1) is 0 Å². The Balaban J connectivity index is 1.90. The molecule has 2 N–H and O–H groups in total. The lowest BCUT2D eigenvalue weighted by atomic mass is 10.1. The van der Waals surface area contributed by atoms with Gasteiger partial charge in [-0.05, 0) is 48.0 Å². The van der Waals surface area contributed by atoms with E-state index in [-0.39, 0.29) is 22.6 Å². The molecule has 1 fully saturated rings. The fourth-order valence-corrected chi connectivity index (χ4v) is 2.76. The first-order valence-corrected chi connectivity index (χ1v) is 8.84. The average Bonchev–Trinajstić information content (AvgIpc) is 2.75. The predicted molar refractivity (Wildman–Crippen MR) is 106 cm³/mol. The lowest BCUT2D eigenvalue weighted by Gasteiger charge is -2.26. The average molecular weight is 424 g/mol. The van der Waals surface area contributed by atoms with Crippen molar-refractivity contribution in [2.45, 2.75) is 0 Å². The molecule has 1 aliphatic heterocycles. The van der Waals surface area contributed by atoms with E-state index in [1.807, 2.05) is 0 Å². The lowest BCUT2D eigenvalue weighted by molar-refractivity contribution is -0.139. The molecule has 0 bridgehead atoms. The largest absolute Gasteiger partial charge is 0.482 e. The second kappa shape index (κ2) is 8.91. The van der Waals surface area contributed by atoms with Gasteiger partial charge in [-0.2, -0.15) is 0 Å². The van der Waals surface area contributed by atoms with Gasteiger partial charge in [-0.3, -0.25) is 14.9 Å². The number of carboxylic acid groups (broad SMARTS) is 1. The van der Waals surface area contributed by atoms with Crippen molar-refractivity contribution in [3.05, 3.63) is 65.2 Å². The summed E-state index contributed by atoms with van der Waals surface area (Å²) in [4.78, 5) is 60.4. The molecule has 10 nitrogen and oxygen atoms in total. The Morgan fingerprint density at radius 3 is 2.45 bits per heavy atom. The van der Waals surface area contributed by atoms with Crippen LogP contribution in [0.3, 0.4) is 0 Å². The molecule has 0 radical (unpaired) electrons. The van der Waals surface area contributed by atoms with Gasteiger partial charge in [-0.25, -0.2) is 19.3 Å². The molecule has 2 aromatic rings. The zero-order valence-electron chi connectivity index (χ0n) is 16.2. The maximum atomic E-state index is 12.9. The van der Waals surface area contributed by atoms with Crippen LogP contribution in [0.2, 0.25) is 0 Å². The minimum atomic E-state index is -1.15. The van der Waals surface area contributed by atoms with Crippen molar-refractivity contribution in [3.8, 4) is 5.75 Å². The van der Waals surface area contributed by atoms with Gasteiger partial charge in [0, 0.05) is 0 Å². The third-order valence-corrected chi connectivity index (χ3v) is 4.18. The summed E-state index contributed by atoms with van der Waals surface area (Å²) in [5, 5.41) is 10.8. The summed E-state index contributed by atoms with van der Waals surface area (Å²) in [5.41, 5.74) is 0.442. The van der Waals surface area contributed by atoms with Gasteiger partial charge in [-0.15, -0.1) is 0 Å². The van der Waals surface area contributed by atoms with Gasteiger partial charge in [-0.1, -0.05) is 12.1 Å². The maximum absolute atomic E-state index is 12.9. The standard InChI is InChI=1S/C21H16N2O8/c1-30-20(28)13-5-7-14(8-6-13)23-19(27)16(18(26)22-21(23)29)10-12-3-2-4-15(9-12)31-11-17(24)25/h2-10H,11H2,1H3,(H,24,25)(H,22,26,29)/b16-10-. The Bertz CT molecular complexity index is 1100. The van der Waals surface area contributed by atoms with Crippen LogP contribution in [-0.4, -0.2) is 48.6 Å². The highest BCUT2D eigenvalue weighted by Crippen LogP contribution is 2.23. The van der Waals surface area contributed by atoms with E-state index < -0.39 is 36.4 Å². The van der Waals surface area contributed by atoms with E-state index in [9.17, 15) is 24.0 Å². The predicted octanol–water partition coefficient (Wildman–Crippen LogP) is 1.60. The monoisotopic (exact) mass is 424 g/mol. The van der Waals surface area contributed by atoms with Gasteiger partial charge in [0.2, 0.25) is 0 Å². The number of carbonyl (C=O) groups is 5. The van der Waals surface area contributed by atoms with Crippen molar-refractivity contribution in [2.75, 3.05) is 18.6 Å². The van der Waals surface area contributed by atoms with Crippen LogP contribution in [0.15, 0.2) is 54.1 Å². The quantitative estimate of drug-likeness (QED) is 0.405. The number of carbonyl (C=O) groups excluding carboxylic acids is 4. The molecule has 1 heterocycles. The second-order valence-electron chi connectivity index (χ2n) is 6.25. The van der Waals surface area contributed by atoms with E-state index in [1.165, 1.54) is 49.6 Å². The molecule has 0 aromatic heterocycles. The van der Waals surface area contributed by atoms with E-state index in [1.54, 1.807) is 12.1 Å². The van der Waals surface area contributed by atoms with Gasteiger partial charge >= 0.3 is 18.0 Å². The number of nitrogens with zero attached hydrogens (tertiary/aromatic N) is 1. The zero-order valence-corrected chi connectivity index (χ0v) is 16.2. The number of rotatable bonds is 6. The highest BCUT2D eigenvalue weighted by molar-refractivity contribution is 6.39. The van der Waals surface area contributed by atoms with Crippen LogP contribution in [-0.2, 0) is 19.1 Å². The normalized spacial score (nSPS) is 14.9. The summed E-state index contributed by atoms with van der Waals surface area (Å²) < 4.78 is 9.69. The molecule has 4 amide bonds. The van der Waals surface area contributed by atoms with Crippen molar-refractivity contribution in [2.24, 2.45) is 0 Å². The summed E-state index contributed by atoms with van der Waals surface area (Å²) in [6.07, 6.45) is 1.26. The number of benzene rings is 2. The Morgan fingerprint density at radius 2 is 1.81 bits per heavy atom. The number of ether oxygens (including phenoxy) is 2. The molecule has 10 heteroatoms. The van der Waals surface area contributed by atoms with Gasteiger partial charge in [0.25, 0.3) is 11.8 Å². The van der Waals surface area contributed by atoms with E-state index in [0.717, 1.165) is 4.90 Å². The molecule has 2 aromatic carbocycles. The number of methoxy groups -OCH3 is 1. The van der Waals surface area contributed by atoms with E-state index in [2.05, 4.69) is 10.1 Å². The fraction of sp³-hybridized carbons (Fsp3) is 0.0952. The number of hydrogen-bond acceptors (Lipinski definition) is 7. The first-order valence-electron chi connectivity index (χ1n) is 8.84. The molecular formula is C21H16N2O8. The van der Waals surface area contributed by atoms with E-state index >= 15 is 0 Å². The number of imide groups is 2. The maximum Gasteiger partial charge on any atom is 0.341 e. The molecule has 0 atom stereocenters. The number of carboxylic acids is 1. The number of barbiturate groups is 1. The number of amides is 4. The van der Waals surface area contributed by atoms with Gasteiger partial charge in [0.1, 0.15) is 11.3 Å².